The predicted octanol–water partition coefficient (Wildman–Crippen LogP) is 3.99. The van der Waals surface area contributed by atoms with E-state index in [0.29, 0.717) is 24.6 Å². The summed E-state index contributed by atoms with van der Waals surface area (Å²) in [5, 5.41) is 6.46. The summed E-state index contributed by atoms with van der Waals surface area (Å²) in [5.74, 6) is 1.50. The minimum Gasteiger partial charge on any atom is -0.496 e. The van der Waals surface area contributed by atoms with Crippen LogP contribution < -0.4 is 15.4 Å². The Kier molecular flexibility index (Phi) is 8.98. The zero-order chi connectivity index (χ0) is 22.0. The van der Waals surface area contributed by atoms with Crippen LogP contribution in [-0.4, -0.2) is 39.4 Å². The van der Waals surface area contributed by atoms with Crippen molar-refractivity contribution in [2.45, 2.75) is 32.7 Å². The van der Waals surface area contributed by atoms with Crippen molar-refractivity contribution in [3.05, 3.63) is 64.7 Å². The maximum absolute atomic E-state index is 12.2. The van der Waals surface area contributed by atoms with Crippen LogP contribution in [0.25, 0.3) is 0 Å². The zero-order valence-corrected chi connectivity index (χ0v) is 17.5. The molecule has 0 heterocycles. The fraction of sp³-hybridized carbons (Fsp3) is 0.409. The van der Waals surface area contributed by atoms with Gasteiger partial charge in [0.1, 0.15) is 12.4 Å². The third-order valence-corrected chi connectivity index (χ3v) is 4.33. The zero-order valence-electron chi connectivity index (χ0n) is 17.5. The maximum atomic E-state index is 12.2. The average Bonchev–Trinajstić information content (AvgIpc) is 2.70. The molecule has 0 aliphatic rings. The highest BCUT2D eigenvalue weighted by atomic mass is 19.4. The molecule has 0 amide bonds. The van der Waals surface area contributed by atoms with Crippen molar-refractivity contribution in [2.75, 3.05) is 27.3 Å². The van der Waals surface area contributed by atoms with Gasteiger partial charge in [0.25, 0.3) is 0 Å². The first-order valence-electron chi connectivity index (χ1n) is 9.61. The molecular weight excluding hydrogens is 395 g/mol. The average molecular weight is 423 g/mol. The molecule has 0 bridgehead atoms. The van der Waals surface area contributed by atoms with Crippen LogP contribution >= 0.6 is 0 Å². The van der Waals surface area contributed by atoms with Crippen molar-refractivity contribution in [1.82, 2.24) is 10.6 Å². The summed E-state index contributed by atoms with van der Waals surface area (Å²) in [6.07, 6.45) is -3.54. The summed E-state index contributed by atoms with van der Waals surface area (Å²) < 4.78 is 46.7. The fourth-order valence-corrected chi connectivity index (χ4v) is 2.94. The van der Waals surface area contributed by atoms with Crippen molar-refractivity contribution in [1.29, 1.82) is 0 Å². The molecule has 0 aliphatic heterocycles. The first kappa shape index (κ1) is 23.5. The number of nitrogens with zero attached hydrogens (tertiary/aromatic N) is 1. The molecule has 2 N–H and O–H groups in total. The number of alkyl halides is 3. The molecule has 0 saturated carbocycles. The van der Waals surface area contributed by atoms with Gasteiger partial charge in [-0.05, 0) is 36.1 Å². The third kappa shape index (κ3) is 8.32. The number of rotatable bonds is 9. The molecule has 0 aromatic heterocycles. The molecule has 0 unspecified atom stereocenters. The number of aliphatic imine (C=N–C) groups is 1. The van der Waals surface area contributed by atoms with E-state index >= 15 is 0 Å². The molecular formula is C22H28F3N3O2. The Morgan fingerprint density at radius 2 is 1.83 bits per heavy atom. The second-order valence-electron chi connectivity index (χ2n) is 6.85. The van der Waals surface area contributed by atoms with Crippen molar-refractivity contribution < 1.29 is 22.6 Å². The molecule has 8 heteroatoms. The van der Waals surface area contributed by atoms with Gasteiger partial charge in [0, 0.05) is 20.1 Å². The number of nitrogens with one attached hydrogen (secondary N) is 2. The van der Waals surface area contributed by atoms with Crippen LogP contribution in [0.3, 0.4) is 0 Å². The maximum Gasteiger partial charge on any atom is 0.411 e. The van der Waals surface area contributed by atoms with Gasteiger partial charge >= 0.3 is 6.18 Å². The topological polar surface area (TPSA) is 54.9 Å². The molecule has 5 nitrogen and oxygen atoms in total. The SMILES string of the molecule is CN=C(NCCc1cc(C)ccc1OC)NCc1cccc(COCC(F)(F)F)c1. The van der Waals surface area contributed by atoms with Crippen LogP contribution in [0.4, 0.5) is 13.2 Å². The van der Waals surface area contributed by atoms with Crippen LogP contribution in [0, 0.1) is 6.92 Å². The Morgan fingerprint density at radius 1 is 1.07 bits per heavy atom. The molecule has 164 valence electrons. The summed E-state index contributed by atoms with van der Waals surface area (Å²) in [7, 11) is 3.34. The molecule has 0 radical (unpaired) electrons. The lowest BCUT2D eigenvalue weighted by Gasteiger charge is -2.14. The molecule has 2 aromatic carbocycles. The van der Waals surface area contributed by atoms with Crippen molar-refractivity contribution in [3.8, 4) is 5.75 Å². The van der Waals surface area contributed by atoms with Gasteiger partial charge in [-0.2, -0.15) is 13.2 Å². The predicted molar refractivity (Wildman–Crippen MR) is 112 cm³/mol. The van der Waals surface area contributed by atoms with Crippen molar-refractivity contribution in [2.24, 2.45) is 4.99 Å². The van der Waals surface area contributed by atoms with E-state index in [1.54, 1.807) is 26.3 Å². The van der Waals surface area contributed by atoms with Gasteiger partial charge in [-0.1, -0.05) is 42.0 Å². The second-order valence-corrected chi connectivity index (χ2v) is 6.85. The number of ether oxygens (including phenoxy) is 2. The van der Waals surface area contributed by atoms with Crippen molar-refractivity contribution in [3.63, 3.8) is 0 Å². The van der Waals surface area contributed by atoms with Gasteiger partial charge in [-0.15, -0.1) is 0 Å². The Morgan fingerprint density at radius 3 is 2.53 bits per heavy atom. The Labute approximate surface area is 175 Å². The highest BCUT2D eigenvalue weighted by Crippen LogP contribution is 2.19. The quantitative estimate of drug-likeness (QED) is 0.473. The van der Waals surface area contributed by atoms with E-state index in [4.69, 9.17) is 9.47 Å². The Bertz CT molecular complexity index is 839. The summed E-state index contributed by atoms with van der Waals surface area (Å²) >= 11 is 0. The summed E-state index contributed by atoms with van der Waals surface area (Å²) in [6, 6.07) is 13.3. The van der Waals surface area contributed by atoms with Crippen molar-refractivity contribution >= 4 is 5.96 Å². The summed E-state index contributed by atoms with van der Waals surface area (Å²) in [5.41, 5.74) is 3.90. The normalized spacial score (nSPS) is 12.0. The van der Waals surface area contributed by atoms with E-state index in [0.717, 1.165) is 23.3 Å². The van der Waals surface area contributed by atoms with E-state index in [-0.39, 0.29) is 6.61 Å². The standard InChI is InChI=1S/C22H28F3N3O2/c1-16-7-8-20(29-3)19(11-16)9-10-27-21(26-2)28-13-17-5-4-6-18(12-17)14-30-15-22(23,24)25/h4-8,11-12H,9-10,13-15H2,1-3H3,(H2,26,27,28). The number of benzene rings is 2. The summed E-state index contributed by atoms with van der Waals surface area (Å²) in [4.78, 5) is 4.21. The monoisotopic (exact) mass is 423 g/mol. The molecule has 0 spiro atoms. The number of halogens is 3. The molecule has 30 heavy (non-hydrogen) atoms. The molecule has 0 aliphatic carbocycles. The highest BCUT2D eigenvalue weighted by Gasteiger charge is 2.27. The molecule has 2 aromatic rings. The Balaban J connectivity index is 1.81. The van der Waals surface area contributed by atoms with Crippen LogP contribution in [-0.2, 0) is 24.3 Å². The lowest BCUT2D eigenvalue weighted by molar-refractivity contribution is -0.176. The van der Waals surface area contributed by atoms with E-state index in [1.807, 2.05) is 31.2 Å². The van der Waals surface area contributed by atoms with Crippen LogP contribution in [0.5, 0.6) is 5.75 Å². The van der Waals surface area contributed by atoms with E-state index in [9.17, 15) is 13.2 Å². The van der Waals surface area contributed by atoms with E-state index in [1.165, 1.54) is 5.56 Å². The molecule has 0 fully saturated rings. The Hall–Kier alpha value is -2.74. The summed E-state index contributed by atoms with van der Waals surface area (Å²) in [6.45, 7) is 1.86. The molecule has 0 saturated heterocycles. The van der Waals surface area contributed by atoms with Gasteiger partial charge in [0.05, 0.1) is 13.7 Å². The van der Waals surface area contributed by atoms with Gasteiger partial charge in [0.2, 0.25) is 0 Å². The minimum absolute atomic E-state index is 0.0847. The number of guanidine groups is 1. The third-order valence-electron chi connectivity index (χ3n) is 4.33. The fourth-order valence-electron chi connectivity index (χ4n) is 2.94. The van der Waals surface area contributed by atoms with Crippen LogP contribution in [0.2, 0.25) is 0 Å². The highest BCUT2D eigenvalue weighted by molar-refractivity contribution is 5.79. The van der Waals surface area contributed by atoms with Gasteiger partial charge in [-0.3, -0.25) is 4.99 Å². The lowest BCUT2D eigenvalue weighted by Crippen LogP contribution is -2.37. The number of methoxy groups -OCH3 is 1. The van der Waals surface area contributed by atoms with Gasteiger partial charge < -0.3 is 20.1 Å². The number of aryl methyl sites for hydroxylation is 1. The smallest absolute Gasteiger partial charge is 0.411 e. The van der Waals surface area contributed by atoms with E-state index in [2.05, 4.69) is 21.7 Å². The largest absolute Gasteiger partial charge is 0.496 e. The number of hydrogen-bond acceptors (Lipinski definition) is 3. The van der Waals surface area contributed by atoms with E-state index < -0.39 is 12.8 Å². The molecule has 2 rings (SSSR count). The number of hydrogen-bond donors (Lipinski definition) is 2. The molecule has 0 atom stereocenters. The lowest BCUT2D eigenvalue weighted by atomic mass is 10.1. The van der Waals surface area contributed by atoms with Crippen LogP contribution in [0.1, 0.15) is 22.3 Å². The minimum atomic E-state index is -4.32. The van der Waals surface area contributed by atoms with Gasteiger partial charge in [-0.25, -0.2) is 0 Å². The van der Waals surface area contributed by atoms with Crippen LogP contribution in [0.15, 0.2) is 47.5 Å². The van der Waals surface area contributed by atoms with Gasteiger partial charge in [0.15, 0.2) is 5.96 Å². The second kappa shape index (κ2) is 11.4. The first-order chi connectivity index (χ1) is 14.3. The first-order valence-corrected chi connectivity index (χ1v) is 9.61.